The Morgan fingerprint density at radius 1 is 1.30 bits per heavy atom. The van der Waals surface area contributed by atoms with Crippen molar-refractivity contribution in [3.8, 4) is 5.75 Å². The maximum absolute atomic E-state index is 12.5. The van der Waals surface area contributed by atoms with E-state index in [1.54, 1.807) is 12.1 Å². The smallest absolute Gasteiger partial charge is 0.294 e. The summed E-state index contributed by atoms with van der Waals surface area (Å²) in [6, 6.07) is 3.20. The van der Waals surface area contributed by atoms with Crippen molar-refractivity contribution in [2.24, 2.45) is 5.92 Å². The predicted octanol–water partition coefficient (Wildman–Crippen LogP) is 4.20. The summed E-state index contributed by atoms with van der Waals surface area (Å²) in [6.07, 6.45) is 1.52. The zero-order valence-electron chi connectivity index (χ0n) is 15.2. The Kier molecular flexibility index (Phi) is 7.59. The van der Waals surface area contributed by atoms with Crippen LogP contribution in [0.15, 0.2) is 17.0 Å². The van der Waals surface area contributed by atoms with Crippen molar-refractivity contribution >= 4 is 58.1 Å². The molecule has 1 aromatic rings. The second-order valence-corrected chi connectivity index (χ2v) is 8.02. The lowest BCUT2D eigenvalue weighted by molar-refractivity contribution is -0.129. The lowest BCUT2D eigenvalue weighted by Crippen LogP contribution is -2.40. The van der Waals surface area contributed by atoms with Crippen molar-refractivity contribution in [2.75, 3.05) is 19.7 Å². The number of thioether (sulfide) groups is 1. The molecule has 1 heterocycles. The van der Waals surface area contributed by atoms with Crippen LogP contribution in [0.2, 0.25) is 10.0 Å². The molecule has 9 heteroatoms. The second-order valence-electron chi connectivity index (χ2n) is 6.21. The average Bonchev–Trinajstić information content (AvgIpc) is 2.84. The van der Waals surface area contributed by atoms with Crippen LogP contribution in [0, 0.1) is 5.92 Å². The Labute approximate surface area is 172 Å². The maximum atomic E-state index is 12.5. The van der Waals surface area contributed by atoms with Crippen LogP contribution in [0.25, 0.3) is 6.08 Å². The van der Waals surface area contributed by atoms with Gasteiger partial charge < -0.3 is 10.1 Å². The van der Waals surface area contributed by atoms with E-state index in [1.165, 1.54) is 6.08 Å². The largest absolute Gasteiger partial charge is 0.491 e. The van der Waals surface area contributed by atoms with Gasteiger partial charge in [-0.05, 0) is 48.4 Å². The molecule has 0 spiro atoms. The van der Waals surface area contributed by atoms with Crippen molar-refractivity contribution in [3.05, 3.63) is 32.6 Å². The average molecular weight is 431 g/mol. The Bertz CT molecular complexity index is 773. The monoisotopic (exact) mass is 430 g/mol. The van der Waals surface area contributed by atoms with Crippen LogP contribution in [-0.4, -0.2) is 41.6 Å². The Morgan fingerprint density at radius 3 is 2.48 bits per heavy atom. The molecule has 1 saturated heterocycles. The molecule has 0 unspecified atom stereocenters. The number of imide groups is 1. The lowest BCUT2D eigenvalue weighted by atomic mass is 10.2. The predicted molar refractivity (Wildman–Crippen MR) is 108 cm³/mol. The van der Waals surface area contributed by atoms with Crippen molar-refractivity contribution in [1.29, 1.82) is 0 Å². The van der Waals surface area contributed by atoms with Gasteiger partial charge in [0.25, 0.3) is 11.1 Å². The third-order valence-electron chi connectivity index (χ3n) is 3.49. The van der Waals surface area contributed by atoms with Gasteiger partial charge in [-0.3, -0.25) is 19.3 Å². The lowest BCUT2D eigenvalue weighted by Gasteiger charge is -2.13. The van der Waals surface area contributed by atoms with Gasteiger partial charge in [0.2, 0.25) is 5.91 Å². The minimum Gasteiger partial charge on any atom is -0.491 e. The number of benzene rings is 1. The summed E-state index contributed by atoms with van der Waals surface area (Å²) >= 11 is 13.1. The van der Waals surface area contributed by atoms with Crippen LogP contribution in [0.5, 0.6) is 5.75 Å². The highest BCUT2D eigenvalue weighted by atomic mass is 35.5. The SMILES string of the molecule is CCOc1c(Cl)cc(/C=C2\SC(=O)N(CC(=O)NCC(C)C)C2=O)cc1Cl. The highest BCUT2D eigenvalue weighted by molar-refractivity contribution is 8.18. The fraction of sp³-hybridized carbons (Fsp3) is 0.389. The molecule has 3 amide bonds. The van der Waals surface area contributed by atoms with Gasteiger partial charge in [0.15, 0.2) is 5.75 Å². The molecule has 0 aromatic heterocycles. The molecular formula is C18H20Cl2N2O4S. The van der Waals surface area contributed by atoms with Gasteiger partial charge in [-0.25, -0.2) is 0 Å². The van der Waals surface area contributed by atoms with E-state index in [2.05, 4.69) is 5.32 Å². The molecule has 0 saturated carbocycles. The third kappa shape index (κ3) is 5.64. The van der Waals surface area contributed by atoms with Crippen molar-refractivity contribution < 1.29 is 19.1 Å². The number of nitrogens with zero attached hydrogens (tertiary/aromatic N) is 1. The number of nitrogens with one attached hydrogen (secondary N) is 1. The minimum atomic E-state index is -0.522. The summed E-state index contributed by atoms with van der Waals surface area (Å²) < 4.78 is 5.37. The summed E-state index contributed by atoms with van der Waals surface area (Å²) in [7, 11) is 0. The first-order valence-corrected chi connectivity index (χ1v) is 9.94. The van der Waals surface area contributed by atoms with E-state index in [9.17, 15) is 14.4 Å². The van der Waals surface area contributed by atoms with Crippen molar-refractivity contribution in [2.45, 2.75) is 20.8 Å². The molecule has 0 bridgehead atoms. The first-order valence-electron chi connectivity index (χ1n) is 8.36. The molecule has 1 aliphatic rings. The van der Waals surface area contributed by atoms with Crippen molar-refractivity contribution in [3.63, 3.8) is 0 Å². The van der Waals surface area contributed by atoms with Gasteiger partial charge in [0.1, 0.15) is 6.54 Å². The molecule has 27 heavy (non-hydrogen) atoms. The van der Waals surface area contributed by atoms with Gasteiger partial charge >= 0.3 is 0 Å². The zero-order valence-corrected chi connectivity index (χ0v) is 17.5. The minimum absolute atomic E-state index is 0.202. The summed E-state index contributed by atoms with van der Waals surface area (Å²) in [5.74, 6) is -0.254. The first kappa shape index (κ1) is 21.6. The standard InChI is InChI=1S/C18H20Cl2N2O4S/c1-4-26-16-12(19)5-11(6-13(16)20)7-14-17(24)22(18(25)27-14)9-15(23)21-8-10(2)3/h5-7,10H,4,8-9H2,1-3H3,(H,21,23)/b14-7-. The van der Waals surface area contributed by atoms with E-state index in [1.807, 2.05) is 20.8 Å². The number of rotatable bonds is 7. The molecule has 146 valence electrons. The number of hydrogen-bond acceptors (Lipinski definition) is 5. The molecule has 1 aliphatic heterocycles. The van der Waals surface area contributed by atoms with Gasteiger partial charge in [-0.15, -0.1) is 0 Å². The fourth-order valence-corrected chi connectivity index (χ4v) is 3.70. The van der Waals surface area contributed by atoms with Gasteiger partial charge in [0.05, 0.1) is 21.6 Å². The topological polar surface area (TPSA) is 75.7 Å². The highest BCUT2D eigenvalue weighted by Gasteiger charge is 2.36. The van der Waals surface area contributed by atoms with E-state index >= 15 is 0 Å². The Hall–Kier alpha value is -1.70. The summed E-state index contributed by atoms with van der Waals surface area (Å²) in [4.78, 5) is 37.6. The number of carbonyl (C=O) groups excluding carboxylic acids is 3. The number of hydrogen-bond donors (Lipinski definition) is 1. The zero-order chi connectivity index (χ0) is 20.1. The molecular weight excluding hydrogens is 411 g/mol. The van der Waals surface area contributed by atoms with Crippen LogP contribution in [-0.2, 0) is 9.59 Å². The van der Waals surface area contributed by atoms with Crippen LogP contribution in [0.4, 0.5) is 4.79 Å². The van der Waals surface area contributed by atoms with Crippen LogP contribution in [0.1, 0.15) is 26.3 Å². The van der Waals surface area contributed by atoms with E-state index in [-0.39, 0.29) is 23.3 Å². The number of carbonyl (C=O) groups is 3. The number of halogens is 2. The molecule has 2 rings (SSSR count). The number of ether oxygens (including phenoxy) is 1. The second kappa shape index (κ2) is 9.48. The fourth-order valence-electron chi connectivity index (χ4n) is 2.25. The summed E-state index contributed by atoms with van der Waals surface area (Å²) in [5, 5.41) is 2.81. The highest BCUT2D eigenvalue weighted by Crippen LogP contribution is 2.37. The molecule has 1 N–H and O–H groups in total. The molecule has 0 radical (unpaired) electrons. The summed E-state index contributed by atoms with van der Waals surface area (Å²) in [5.41, 5.74) is 0.559. The van der Waals surface area contributed by atoms with Gasteiger partial charge in [-0.1, -0.05) is 37.0 Å². The van der Waals surface area contributed by atoms with E-state index in [0.717, 1.165) is 16.7 Å². The van der Waals surface area contributed by atoms with Crippen LogP contribution >= 0.6 is 35.0 Å². The Morgan fingerprint density at radius 2 is 1.93 bits per heavy atom. The van der Waals surface area contributed by atoms with Crippen molar-refractivity contribution in [1.82, 2.24) is 10.2 Å². The summed E-state index contributed by atoms with van der Waals surface area (Å²) in [6.45, 7) is 6.31. The molecule has 6 nitrogen and oxygen atoms in total. The van der Waals surface area contributed by atoms with E-state index in [4.69, 9.17) is 27.9 Å². The maximum Gasteiger partial charge on any atom is 0.294 e. The van der Waals surface area contributed by atoms with E-state index in [0.29, 0.717) is 34.5 Å². The third-order valence-corrected chi connectivity index (χ3v) is 4.96. The van der Waals surface area contributed by atoms with E-state index < -0.39 is 11.1 Å². The van der Waals surface area contributed by atoms with Crippen LogP contribution < -0.4 is 10.1 Å². The molecule has 1 aromatic carbocycles. The normalized spacial score (nSPS) is 15.8. The van der Waals surface area contributed by atoms with Crippen LogP contribution in [0.3, 0.4) is 0 Å². The van der Waals surface area contributed by atoms with Gasteiger partial charge in [-0.2, -0.15) is 0 Å². The first-order chi connectivity index (χ1) is 12.7. The Balaban J connectivity index is 2.15. The molecule has 0 atom stereocenters. The molecule has 1 fully saturated rings. The van der Waals surface area contributed by atoms with Gasteiger partial charge in [0, 0.05) is 6.54 Å². The molecule has 0 aliphatic carbocycles. The quantitative estimate of drug-likeness (QED) is 0.655. The number of amides is 3.